The number of rotatable bonds is 10. The number of nitrogens with zero attached hydrogens (tertiary/aromatic N) is 1. The van der Waals surface area contributed by atoms with Gasteiger partial charge < -0.3 is 25.4 Å². The van der Waals surface area contributed by atoms with Crippen LogP contribution in [0.15, 0.2) is 67.4 Å². The van der Waals surface area contributed by atoms with Gasteiger partial charge in [0, 0.05) is 30.5 Å². The second kappa shape index (κ2) is 14.8. The molecular formula is C30H41N3O3. The van der Waals surface area contributed by atoms with Crippen LogP contribution in [-0.2, 0) is 4.79 Å². The maximum atomic E-state index is 10.1. The van der Waals surface area contributed by atoms with Crippen LogP contribution in [0.3, 0.4) is 0 Å². The van der Waals surface area contributed by atoms with Crippen molar-refractivity contribution in [1.29, 1.82) is 0 Å². The molecule has 3 N–H and O–H groups in total. The highest BCUT2D eigenvalue weighted by atomic mass is 16.5. The van der Waals surface area contributed by atoms with Crippen LogP contribution in [0, 0.1) is 6.92 Å². The van der Waals surface area contributed by atoms with Crippen LogP contribution in [-0.4, -0.2) is 48.7 Å². The summed E-state index contributed by atoms with van der Waals surface area (Å²) in [7, 11) is 0. The molecule has 2 aromatic rings. The first-order valence-corrected chi connectivity index (χ1v) is 12.6. The van der Waals surface area contributed by atoms with Crippen molar-refractivity contribution in [3.63, 3.8) is 0 Å². The van der Waals surface area contributed by atoms with Crippen molar-refractivity contribution in [1.82, 2.24) is 15.5 Å². The van der Waals surface area contributed by atoms with Gasteiger partial charge in [0.25, 0.3) is 0 Å². The van der Waals surface area contributed by atoms with Gasteiger partial charge in [-0.25, -0.2) is 0 Å². The highest BCUT2D eigenvalue weighted by Crippen LogP contribution is 2.25. The third kappa shape index (κ3) is 9.27. The molecule has 0 spiro atoms. The number of phenols is 1. The minimum atomic E-state index is 0.285. The summed E-state index contributed by atoms with van der Waals surface area (Å²) in [6, 6.07) is 13.8. The molecule has 6 heteroatoms. The van der Waals surface area contributed by atoms with Gasteiger partial charge in [0.1, 0.15) is 11.5 Å². The van der Waals surface area contributed by atoms with E-state index in [0.29, 0.717) is 12.6 Å². The number of ether oxygens (including phenoxy) is 1. The Bertz CT molecular complexity index is 1040. The number of phenolic OH excluding ortho intramolecular Hbond substituents is 1. The predicted octanol–water partition coefficient (Wildman–Crippen LogP) is 5.49. The molecule has 0 aliphatic carbocycles. The number of likely N-dealkylation sites (tertiary alicyclic amines) is 1. The quantitative estimate of drug-likeness (QED) is 0.303. The van der Waals surface area contributed by atoms with Crippen LogP contribution >= 0.6 is 0 Å². The van der Waals surface area contributed by atoms with Crippen molar-refractivity contribution in [3.8, 4) is 11.5 Å². The molecule has 3 rings (SSSR count). The van der Waals surface area contributed by atoms with E-state index in [4.69, 9.17) is 4.74 Å². The SMILES string of the molecule is C=C(C)N/C(=C\C(=C)c1ccc(O)c(C)c1)c1ccc(OCC)cc1.CCN1CCC(NC=O)CC1. The number of piperidine rings is 1. The Morgan fingerprint density at radius 3 is 2.28 bits per heavy atom. The molecule has 0 aromatic heterocycles. The average Bonchev–Trinajstić information content (AvgIpc) is 2.87. The molecule has 1 heterocycles. The van der Waals surface area contributed by atoms with Gasteiger partial charge in [-0.05, 0) is 105 Å². The van der Waals surface area contributed by atoms with Gasteiger partial charge in [0.2, 0.25) is 6.41 Å². The zero-order valence-electron chi connectivity index (χ0n) is 22.1. The van der Waals surface area contributed by atoms with E-state index in [1.54, 1.807) is 6.07 Å². The lowest BCUT2D eigenvalue weighted by atomic mass is 10.0. The molecule has 0 atom stereocenters. The molecule has 1 saturated heterocycles. The van der Waals surface area contributed by atoms with E-state index < -0.39 is 0 Å². The van der Waals surface area contributed by atoms with Crippen molar-refractivity contribution in [2.24, 2.45) is 0 Å². The highest BCUT2D eigenvalue weighted by Gasteiger charge is 2.16. The van der Waals surface area contributed by atoms with E-state index >= 15 is 0 Å². The van der Waals surface area contributed by atoms with Crippen LogP contribution in [0.4, 0.5) is 0 Å². The number of hydrogen-bond donors (Lipinski definition) is 3. The van der Waals surface area contributed by atoms with Crippen molar-refractivity contribution in [2.75, 3.05) is 26.2 Å². The van der Waals surface area contributed by atoms with Crippen molar-refractivity contribution < 1.29 is 14.6 Å². The fraction of sp³-hybridized carbons (Fsp3) is 0.367. The highest BCUT2D eigenvalue weighted by molar-refractivity contribution is 5.83. The van der Waals surface area contributed by atoms with Gasteiger partial charge in [-0.15, -0.1) is 0 Å². The smallest absolute Gasteiger partial charge is 0.207 e. The number of allylic oxidation sites excluding steroid dienone is 3. The van der Waals surface area contributed by atoms with Crippen molar-refractivity contribution in [3.05, 3.63) is 84.1 Å². The first-order chi connectivity index (χ1) is 17.3. The number of carbonyl (C=O) groups is 1. The molecule has 0 saturated carbocycles. The lowest BCUT2D eigenvalue weighted by Gasteiger charge is -2.30. The third-order valence-corrected chi connectivity index (χ3v) is 6.05. The number of benzene rings is 2. The van der Waals surface area contributed by atoms with Crippen LogP contribution in [0.5, 0.6) is 11.5 Å². The summed E-state index contributed by atoms with van der Waals surface area (Å²) in [6.45, 7) is 20.0. The summed E-state index contributed by atoms with van der Waals surface area (Å²) in [5.41, 5.74) is 5.40. The van der Waals surface area contributed by atoms with Gasteiger partial charge in [-0.3, -0.25) is 4.79 Å². The van der Waals surface area contributed by atoms with Crippen LogP contribution in [0.25, 0.3) is 11.3 Å². The molecule has 0 bridgehead atoms. The van der Waals surface area contributed by atoms with E-state index in [2.05, 4.69) is 35.6 Å². The number of amides is 1. The zero-order chi connectivity index (χ0) is 26.5. The third-order valence-electron chi connectivity index (χ3n) is 6.05. The molecule has 2 aromatic carbocycles. The molecular weight excluding hydrogens is 450 g/mol. The normalized spacial score (nSPS) is 14.3. The van der Waals surface area contributed by atoms with Crippen LogP contribution < -0.4 is 15.4 Å². The summed E-state index contributed by atoms with van der Waals surface area (Å²) in [4.78, 5) is 12.5. The second-order valence-corrected chi connectivity index (χ2v) is 8.94. The molecule has 0 radical (unpaired) electrons. The topological polar surface area (TPSA) is 73.8 Å². The number of aryl methyl sites for hydroxylation is 1. The van der Waals surface area contributed by atoms with E-state index in [1.807, 2.05) is 63.2 Å². The number of carbonyl (C=O) groups excluding carboxylic acids is 1. The van der Waals surface area contributed by atoms with Crippen LogP contribution in [0.2, 0.25) is 0 Å². The summed E-state index contributed by atoms with van der Waals surface area (Å²) in [6.07, 6.45) is 5.00. The lowest BCUT2D eigenvalue weighted by molar-refractivity contribution is -0.110. The van der Waals surface area contributed by atoms with Crippen molar-refractivity contribution in [2.45, 2.75) is 46.6 Å². The second-order valence-electron chi connectivity index (χ2n) is 8.94. The Balaban J connectivity index is 0.000000346. The van der Waals surface area contributed by atoms with E-state index in [9.17, 15) is 9.90 Å². The fourth-order valence-corrected chi connectivity index (χ4v) is 3.94. The monoisotopic (exact) mass is 491 g/mol. The number of aromatic hydroxyl groups is 1. The van der Waals surface area contributed by atoms with Gasteiger partial charge in [0.05, 0.1) is 6.61 Å². The Hall–Kier alpha value is -3.51. The largest absolute Gasteiger partial charge is 0.508 e. The molecule has 1 fully saturated rings. The molecule has 0 unspecified atom stereocenters. The van der Waals surface area contributed by atoms with E-state index in [-0.39, 0.29) is 5.75 Å². The van der Waals surface area contributed by atoms with Gasteiger partial charge >= 0.3 is 0 Å². The molecule has 6 nitrogen and oxygen atoms in total. The van der Waals surface area contributed by atoms with Gasteiger partial charge in [0.15, 0.2) is 0 Å². The molecule has 1 aliphatic rings. The Labute approximate surface area is 216 Å². The Morgan fingerprint density at radius 2 is 1.75 bits per heavy atom. The van der Waals surface area contributed by atoms with E-state index in [0.717, 1.165) is 78.3 Å². The lowest BCUT2D eigenvalue weighted by Crippen LogP contribution is -2.41. The summed E-state index contributed by atoms with van der Waals surface area (Å²) < 4.78 is 5.50. The fourth-order valence-electron chi connectivity index (χ4n) is 3.94. The molecule has 36 heavy (non-hydrogen) atoms. The molecule has 194 valence electrons. The standard InChI is InChI=1S/C22H25NO2.C8H16N2O/c1-6-25-20-10-7-18(8-11-20)21(23-15(2)3)14-16(4)19-9-12-22(24)17(5)13-19;1-2-10-5-3-8(4-6-10)9-7-11/h7-14,23-24H,2,4,6H2,1,3,5H3;7-8H,2-6H2,1H3,(H,9,11)/b21-14-;. The first-order valence-electron chi connectivity index (χ1n) is 12.6. The minimum Gasteiger partial charge on any atom is -0.508 e. The maximum Gasteiger partial charge on any atom is 0.207 e. The Morgan fingerprint density at radius 1 is 1.11 bits per heavy atom. The number of hydrogen-bond acceptors (Lipinski definition) is 5. The number of nitrogens with one attached hydrogen (secondary N) is 2. The summed E-state index contributed by atoms with van der Waals surface area (Å²) >= 11 is 0. The zero-order valence-corrected chi connectivity index (χ0v) is 22.1. The molecule has 1 aliphatic heterocycles. The maximum absolute atomic E-state index is 10.1. The molecule has 1 amide bonds. The van der Waals surface area contributed by atoms with E-state index in [1.165, 1.54) is 0 Å². The minimum absolute atomic E-state index is 0.285. The summed E-state index contributed by atoms with van der Waals surface area (Å²) in [5, 5.41) is 15.8. The van der Waals surface area contributed by atoms with Gasteiger partial charge in [-0.1, -0.05) is 26.1 Å². The Kier molecular flexibility index (Phi) is 11.8. The predicted molar refractivity (Wildman–Crippen MR) is 150 cm³/mol. The first kappa shape index (κ1) is 28.7. The van der Waals surface area contributed by atoms with Crippen LogP contribution in [0.1, 0.15) is 50.3 Å². The van der Waals surface area contributed by atoms with Crippen molar-refractivity contribution >= 4 is 17.7 Å². The summed E-state index contributed by atoms with van der Waals surface area (Å²) in [5.74, 6) is 1.13. The average molecular weight is 492 g/mol. The van der Waals surface area contributed by atoms with Gasteiger partial charge in [-0.2, -0.15) is 0 Å².